The van der Waals surface area contributed by atoms with E-state index in [0.717, 1.165) is 12.2 Å². The summed E-state index contributed by atoms with van der Waals surface area (Å²) >= 11 is 0. The first-order valence-electron chi connectivity index (χ1n) is 4.69. The van der Waals surface area contributed by atoms with Crippen molar-refractivity contribution in [3.8, 4) is 5.75 Å². The Morgan fingerprint density at radius 1 is 1.46 bits per heavy atom. The predicted molar refractivity (Wildman–Crippen MR) is 56.1 cm³/mol. The Hall–Kier alpha value is -0.980. The summed E-state index contributed by atoms with van der Waals surface area (Å²) in [5.41, 5.74) is 2.66. The summed E-state index contributed by atoms with van der Waals surface area (Å²) in [7, 11) is 1.69. The molecule has 0 aliphatic carbocycles. The van der Waals surface area contributed by atoms with Gasteiger partial charge in [0.25, 0.3) is 0 Å². The molecule has 0 N–H and O–H groups in total. The number of aryl methyl sites for hydroxylation is 1. The fourth-order valence-electron chi connectivity index (χ4n) is 1.48. The molecular formula is C12H17O. The number of hydrogen-bond donors (Lipinski definition) is 0. The van der Waals surface area contributed by atoms with Gasteiger partial charge in [0.05, 0.1) is 7.11 Å². The average Bonchev–Trinajstić information content (AvgIpc) is 2.16. The van der Waals surface area contributed by atoms with E-state index in [2.05, 4.69) is 32.9 Å². The summed E-state index contributed by atoms with van der Waals surface area (Å²) in [4.78, 5) is 0. The van der Waals surface area contributed by atoms with Crippen molar-refractivity contribution in [3.05, 3.63) is 36.2 Å². The lowest BCUT2D eigenvalue weighted by atomic mass is 9.95. The van der Waals surface area contributed by atoms with Crippen LogP contribution in [0.25, 0.3) is 0 Å². The van der Waals surface area contributed by atoms with E-state index in [-0.39, 0.29) is 0 Å². The molecule has 0 bridgehead atoms. The van der Waals surface area contributed by atoms with Gasteiger partial charge in [-0.3, -0.25) is 0 Å². The van der Waals surface area contributed by atoms with Gasteiger partial charge < -0.3 is 4.74 Å². The first kappa shape index (κ1) is 10.1. The molecule has 13 heavy (non-hydrogen) atoms. The maximum atomic E-state index is 5.18. The number of methoxy groups -OCH3 is 1. The molecule has 0 amide bonds. The second kappa shape index (κ2) is 4.31. The lowest BCUT2D eigenvalue weighted by molar-refractivity contribution is 0.414. The molecule has 0 heterocycles. The highest BCUT2D eigenvalue weighted by Crippen LogP contribution is 2.24. The van der Waals surface area contributed by atoms with Crippen LogP contribution in [0.15, 0.2) is 18.2 Å². The van der Waals surface area contributed by atoms with E-state index in [1.54, 1.807) is 7.11 Å². The van der Waals surface area contributed by atoms with Crippen LogP contribution in [0.1, 0.15) is 30.9 Å². The standard InChI is InChI=1S/C12H17O/c1-5-10-6-7-11(13-4)8-12(10)9(2)3/h6-9H,2,5H2,1,3-4H3. The maximum Gasteiger partial charge on any atom is 0.119 e. The van der Waals surface area contributed by atoms with E-state index in [1.165, 1.54) is 11.1 Å². The van der Waals surface area contributed by atoms with Crippen LogP contribution in [0.3, 0.4) is 0 Å². The fourth-order valence-corrected chi connectivity index (χ4v) is 1.48. The second-order valence-corrected chi connectivity index (χ2v) is 3.32. The second-order valence-electron chi connectivity index (χ2n) is 3.32. The minimum atomic E-state index is 0.324. The van der Waals surface area contributed by atoms with Gasteiger partial charge in [0.2, 0.25) is 0 Å². The summed E-state index contributed by atoms with van der Waals surface area (Å²) in [6, 6.07) is 6.21. The van der Waals surface area contributed by atoms with E-state index >= 15 is 0 Å². The van der Waals surface area contributed by atoms with Crippen LogP contribution in [0.4, 0.5) is 0 Å². The van der Waals surface area contributed by atoms with E-state index in [4.69, 9.17) is 4.74 Å². The quantitative estimate of drug-likeness (QED) is 0.689. The molecule has 0 saturated heterocycles. The molecular weight excluding hydrogens is 160 g/mol. The third-order valence-electron chi connectivity index (χ3n) is 2.26. The first-order valence-corrected chi connectivity index (χ1v) is 4.69. The molecule has 1 unspecified atom stereocenters. The number of hydrogen-bond acceptors (Lipinski definition) is 1. The third kappa shape index (κ3) is 2.24. The van der Waals surface area contributed by atoms with Crippen molar-refractivity contribution in [2.24, 2.45) is 0 Å². The maximum absolute atomic E-state index is 5.18. The van der Waals surface area contributed by atoms with E-state index < -0.39 is 0 Å². The van der Waals surface area contributed by atoms with Crippen LogP contribution >= 0.6 is 0 Å². The van der Waals surface area contributed by atoms with Gasteiger partial charge in [-0.25, -0.2) is 0 Å². The van der Waals surface area contributed by atoms with Crippen molar-refractivity contribution in [2.75, 3.05) is 7.11 Å². The molecule has 0 fully saturated rings. The Balaban J connectivity index is 3.10. The molecule has 1 aromatic carbocycles. The smallest absolute Gasteiger partial charge is 0.119 e. The largest absolute Gasteiger partial charge is 0.497 e. The van der Waals surface area contributed by atoms with Crippen molar-refractivity contribution in [1.82, 2.24) is 0 Å². The Morgan fingerprint density at radius 2 is 2.15 bits per heavy atom. The monoisotopic (exact) mass is 177 g/mol. The lowest BCUT2D eigenvalue weighted by Gasteiger charge is -2.12. The van der Waals surface area contributed by atoms with Crippen molar-refractivity contribution in [3.63, 3.8) is 0 Å². The molecule has 1 atom stereocenters. The third-order valence-corrected chi connectivity index (χ3v) is 2.26. The van der Waals surface area contributed by atoms with Crippen LogP contribution in [0.5, 0.6) is 5.75 Å². The molecule has 1 aromatic rings. The van der Waals surface area contributed by atoms with Crippen LogP contribution in [-0.4, -0.2) is 7.11 Å². The van der Waals surface area contributed by atoms with E-state index in [9.17, 15) is 0 Å². The number of benzene rings is 1. The molecule has 1 rings (SSSR count). The topological polar surface area (TPSA) is 9.23 Å². The Kier molecular flexibility index (Phi) is 3.35. The Bertz CT molecular complexity index is 276. The normalized spacial score (nSPS) is 10.5. The molecule has 0 aliphatic heterocycles. The summed E-state index contributed by atoms with van der Waals surface area (Å²) in [5, 5.41) is 0. The van der Waals surface area contributed by atoms with Crippen molar-refractivity contribution >= 4 is 0 Å². The average molecular weight is 177 g/mol. The summed E-state index contributed by atoms with van der Waals surface area (Å²) in [6.45, 7) is 8.30. The lowest BCUT2D eigenvalue weighted by Crippen LogP contribution is -1.96. The minimum Gasteiger partial charge on any atom is -0.497 e. The van der Waals surface area contributed by atoms with Gasteiger partial charge in [0.15, 0.2) is 0 Å². The minimum absolute atomic E-state index is 0.324. The van der Waals surface area contributed by atoms with Crippen molar-refractivity contribution in [1.29, 1.82) is 0 Å². The summed E-state index contributed by atoms with van der Waals surface area (Å²) in [5.74, 6) is 1.24. The number of rotatable bonds is 3. The SMILES string of the molecule is [CH2]C(C)c1cc(OC)ccc1CC. The zero-order chi connectivity index (χ0) is 9.84. The molecule has 1 nitrogen and oxygen atoms in total. The van der Waals surface area contributed by atoms with Crippen LogP contribution < -0.4 is 4.74 Å². The van der Waals surface area contributed by atoms with Crippen LogP contribution in [-0.2, 0) is 6.42 Å². The van der Waals surface area contributed by atoms with Crippen LogP contribution in [0, 0.1) is 6.92 Å². The molecule has 0 aromatic heterocycles. The van der Waals surface area contributed by atoms with Gasteiger partial charge in [0.1, 0.15) is 5.75 Å². The van der Waals surface area contributed by atoms with Crippen molar-refractivity contribution < 1.29 is 4.74 Å². The van der Waals surface area contributed by atoms with E-state index in [1.807, 2.05) is 6.07 Å². The van der Waals surface area contributed by atoms with Gasteiger partial charge in [-0.15, -0.1) is 0 Å². The van der Waals surface area contributed by atoms with Crippen LogP contribution in [0.2, 0.25) is 0 Å². The molecule has 1 heteroatoms. The van der Waals surface area contributed by atoms with Gasteiger partial charge >= 0.3 is 0 Å². The van der Waals surface area contributed by atoms with Gasteiger partial charge in [0, 0.05) is 0 Å². The zero-order valence-electron chi connectivity index (χ0n) is 8.63. The van der Waals surface area contributed by atoms with Gasteiger partial charge in [-0.05, 0) is 42.5 Å². The summed E-state index contributed by atoms with van der Waals surface area (Å²) in [6.07, 6.45) is 1.05. The predicted octanol–water partition coefficient (Wildman–Crippen LogP) is 3.20. The van der Waals surface area contributed by atoms with Gasteiger partial charge in [-0.1, -0.05) is 19.9 Å². The Morgan fingerprint density at radius 3 is 2.62 bits per heavy atom. The highest BCUT2D eigenvalue weighted by molar-refractivity contribution is 5.38. The highest BCUT2D eigenvalue weighted by Gasteiger charge is 2.06. The molecule has 1 radical (unpaired) electrons. The molecule has 71 valence electrons. The highest BCUT2D eigenvalue weighted by atomic mass is 16.5. The summed E-state index contributed by atoms with van der Waals surface area (Å²) < 4.78 is 5.18. The van der Waals surface area contributed by atoms with Gasteiger partial charge in [-0.2, -0.15) is 0 Å². The first-order chi connectivity index (χ1) is 6.19. The van der Waals surface area contributed by atoms with Crippen molar-refractivity contribution in [2.45, 2.75) is 26.2 Å². The van der Waals surface area contributed by atoms with E-state index in [0.29, 0.717) is 5.92 Å². The number of ether oxygens (including phenoxy) is 1. The zero-order valence-corrected chi connectivity index (χ0v) is 8.63. The molecule has 0 saturated carbocycles. The Labute approximate surface area is 80.7 Å². The molecule has 0 spiro atoms. The fraction of sp³-hybridized carbons (Fsp3) is 0.417. The molecule has 0 aliphatic rings.